The van der Waals surface area contributed by atoms with Crippen LogP contribution in [0.2, 0.25) is 0 Å². The number of rotatable bonds is 6. The fraction of sp³-hybridized carbons (Fsp3) is 0.312. The van der Waals surface area contributed by atoms with Gasteiger partial charge in [0.1, 0.15) is 5.75 Å². The van der Waals surface area contributed by atoms with Gasteiger partial charge >= 0.3 is 6.61 Å². The zero-order chi connectivity index (χ0) is 18.0. The maximum absolute atomic E-state index is 12.2. The Hall–Kier alpha value is -2.29. The van der Waals surface area contributed by atoms with Gasteiger partial charge in [-0.25, -0.2) is 0 Å². The van der Waals surface area contributed by atoms with Crippen molar-refractivity contribution in [3.05, 3.63) is 46.0 Å². The van der Waals surface area contributed by atoms with Gasteiger partial charge in [-0.15, -0.1) is 10.2 Å². The lowest BCUT2D eigenvalue weighted by Gasteiger charge is -2.03. The molecule has 0 aliphatic carbocycles. The molecule has 2 aromatic heterocycles. The van der Waals surface area contributed by atoms with Gasteiger partial charge in [0.15, 0.2) is 0 Å². The molecule has 132 valence electrons. The molecule has 0 saturated carbocycles. The molecule has 0 aliphatic rings. The van der Waals surface area contributed by atoms with Crippen LogP contribution in [0.25, 0.3) is 11.5 Å². The highest BCUT2D eigenvalue weighted by Crippen LogP contribution is 2.23. The highest BCUT2D eigenvalue weighted by molar-refractivity contribution is 9.10. The van der Waals surface area contributed by atoms with E-state index in [1.54, 1.807) is 12.1 Å². The summed E-state index contributed by atoms with van der Waals surface area (Å²) in [4.78, 5) is 0. The smallest absolute Gasteiger partial charge is 0.387 e. The summed E-state index contributed by atoms with van der Waals surface area (Å²) >= 11 is 3.49. The monoisotopic (exact) mass is 412 g/mol. The van der Waals surface area contributed by atoms with Crippen molar-refractivity contribution in [2.75, 3.05) is 0 Å². The van der Waals surface area contributed by atoms with Crippen molar-refractivity contribution in [3.8, 4) is 17.2 Å². The van der Waals surface area contributed by atoms with Crippen molar-refractivity contribution in [3.63, 3.8) is 0 Å². The summed E-state index contributed by atoms with van der Waals surface area (Å²) in [5.41, 5.74) is 2.59. The molecule has 0 unspecified atom stereocenters. The van der Waals surface area contributed by atoms with Crippen molar-refractivity contribution in [2.45, 2.75) is 33.4 Å². The standard InChI is InChI=1S/C16H15BrF2N4O2/c1-9-14(17)10(2)23(22-9)8-7-13-20-21-15(25-13)11-3-5-12(6-4-11)24-16(18)19/h3-6,16H,7-8H2,1-2H3. The molecule has 0 radical (unpaired) electrons. The molecule has 3 aromatic rings. The summed E-state index contributed by atoms with van der Waals surface area (Å²) < 4.78 is 37.1. The molecule has 6 nitrogen and oxygen atoms in total. The second kappa shape index (κ2) is 7.30. The number of aryl methyl sites for hydroxylation is 3. The van der Waals surface area contributed by atoms with Gasteiger partial charge in [-0.1, -0.05) is 0 Å². The van der Waals surface area contributed by atoms with E-state index in [2.05, 4.69) is 36.0 Å². The molecule has 1 aromatic carbocycles. The molecule has 9 heteroatoms. The average Bonchev–Trinajstić information content (AvgIpc) is 3.14. The molecular formula is C16H15BrF2N4O2. The average molecular weight is 413 g/mol. The molecule has 3 rings (SSSR count). The fourth-order valence-corrected chi connectivity index (χ4v) is 2.63. The van der Waals surface area contributed by atoms with Gasteiger partial charge in [0.05, 0.1) is 10.2 Å². The predicted octanol–water partition coefficient (Wildman–Crippen LogP) is 4.16. The Balaban J connectivity index is 1.66. The quantitative estimate of drug-likeness (QED) is 0.608. The van der Waals surface area contributed by atoms with Crippen LogP contribution in [-0.2, 0) is 13.0 Å². The lowest BCUT2D eigenvalue weighted by molar-refractivity contribution is -0.0498. The van der Waals surface area contributed by atoms with E-state index in [0.717, 1.165) is 15.9 Å². The third kappa shape index (κ3) is 4.04. The number of alkyl halides is 2. The number of benzene rings is 1. The summed E-state index contributed by atoms with van der Waals surface area (Å²) in [7, 11) is 0. The van der Waals surface area contributed by atoms with Crippen molar-refractivity contribution in [1.82, 2.24) is 20.0 Å². The van der Waals surface area contributed by atoms with Crippen molar-refractivity contribution in [2.24, 2.45) is 0 Å². The van der Waals surface area contributed by atoms with E-state index in [1.807, 2.05) is 18.5 Å². The Morgan fingerprint density at radius 2 is 1.92 bits per heavy atom. The maximum Gasteiger partial charge on any atom is 0.387 e. The van der Waals surface area contributed by atoms with E-state index in [0.29, 0.717) is 30.3 Å². The Kier molecular flexibility index (Phi) is 5.12. The number of ether oxygens (including phenoxy) is 1. The number of nitrogens with zero attached hydrogens (tertiary/aromatic N) is 4. The van der Waals surface area contributed by atoms with Crippen LogP contribution in [0.3, 0.4) is 0 Å². The van der Waals surface area contributed by atoms with Gasteiger partial charge in [-0.05, 0) is 54.0 Å². The number of halogens is 3. The number of hydrogen-bond acceptors (Lipinski definition) is 5. The van der Waals surface area contributed by atoms with E-state index in [-0.39, 0.29) is 5.75 Å². The molecule has 25 heavy (non-hydrogen) atoms. The van der Waals surface area contributed by atoms with Crippen LogP contribution in [0.1, 0.15) is 17.3 Å². The zero-order valence-electron chi connectivity index (χ0n) is 13.5. The summed E-state index contributed by atoms with van der Waals surface area (Å²) in [6.45, 7) is 1.67. The third-order valence-corrected chi connectivity index (χ3v) is 4.77. The first-order valence-corrected chi connectivity index (χ1v) is 8.30. The summed E-state index contributed by atoms with van der Waals surface area (Å²) in [5, 5.41) is 12.4. The molecule has 2 heterocycles. The minimum Gasteiger partial charge on any atom is -0.435 e. The molecule has 0 N–H and O–H groups in total. The number of hydrogen-bond donors (Lipinski definition) is 0. The third-order valence-electron chi connectivity index (χ3n) is 3.62. The van der Waals surface area contributed by atoms with Gasteiger partial charge < -0.3 is 9.15 Å². The molecular weight excluding hydrogens is 398 g/mol. The van der Waals surface area contributed by atoms with Gasteiger partial charge in [0.2, 0.25) is 11.8 Å². The van der Waals surface area contributed by atoms with Gasteiger partial charge in [-0.2, -0.15) is 13.9 Å². The van der Waals surface area contributed by atoms with E-state index in [4.69, 9.17) is 4.42 Å². The fourth-order valence-electron chi connectivity index (χ4n) is 2.34. The minimum atomic E-state index is -2.85. The van der Waals surface area contributed by atoms with E-state index in [1.165, 1.54) is 12.1 Å². The van der Waals surface area contributed by atoms with Crippen LogP contribution < -0.4 is 4.74 Å². The second-order valence-electron chi connectivity index (χ2n) is 5.36. The SMILES string of the molecule is Cc1nn(CCc2nnc(-c3ccc(OC(F)F)cc3)o2)c(C)c1Br. The van der Waals surface area contributed by atoms with E-state index >= 15 is 0 Å². The lowest BCUT2D eigenvalue weighted by Crippen LogP contribution is -2.05. The highest BCUT2D eigenvalue weighted by Gasteiger charge is 2.12. The normalized spacial score (nSPS) is 11.3. The van der Waals surface area contributed by atoms with Crippen LogP contribution in [-0.4, -0.2) is 26.6 Å². The van der Waals surface area contributed by atoms with Crippen LogP contribution in [0.4, 0.5) is 8.78 Å². The highest BCUT2D eigenvalue weighted by atomic mass is 79.9. The summed E-state index contributed by atoms with van der Waals surface area (Å²) in [6.07, 6.45) is 0.536. The van der Waals surface area contributed by atoms with Gasteiger partial charge in [0, 0.05) is 24.2 Å². The predicted molar refractivity (Wildman–Crippen MR) is 89.5 cm³/mol. The van der Waals surface area contributed by atoms with Crippen LogP contribution in [0.15, 0.2) is 33.2 Å². The number of aromatic nitrogens is 4. The van der Waals surface area contributed by atoms with Gasteiger partial charge in [0.25, 0.3) is 0 Å². The van der Waals surface area contributed by atoms with E-state index in [9.17, 15) is 8.78 Å². The molecule has 0 atom stereocenters. The first kappa shape index (κ1) is 17.5. The summed E-state index contributed by atoms with van der Waals surface area (Å²) in [6, 6.07) is 6.04. The molecule has 0 bridgehead atoms. The molecule has 0 spiro atoms. The molecule has 0 aliphatic heterocycles. The minimum absolute atomic E-state index is 0.0774. The Morgan fingerprint density at radius 1 is 1.20 bits per heavy atom. The molecule has 0 fully saturated rings. The lowest BCUT2D eigenvalue weighted by atomic mass is 10.2. The van der Waals surface area contributed by atoms with Crippen LogP contribution >= 0.6 is 15.9 Å². The van der Waals surface area contributed by atoms with Crippen LogP contribution in [0.5, 0.6) is 5.75 Å². The topological polar surface area (TPSA) is 66.0 Å². The Morgan fingerprint density at radius 3 is 2.52 bits per heavy atom. The first-order chi connectivity index (χ1) is 11.9. The largest absolute Gasteiger partial charge is 0.435 e. The second-order valence-corrected chi connectivity index (χ2v) is 6.15. The Labute approximate surface area is 150 Å². The Bertz CT molecular complexity index is 862. The van der Waals surface area contributed by atoms with E-state index < -0.39 is 6.61 Å². The van der Waals surface area contributed by atoms with Crippen LogP contribution in [0, 0.1) is 13.8 Å². The summed E-state index contributed by atoms with van der Waals surface area (Å²) in [5.74, 6) is 0.883. The van der Waals surface area contributed by atoms with Gasteiger partial charge in [-0.3, -0.25) is 4.68 Å². The zero-order valence-corrected chi connectivity index (χ0v) is 15.1. The first-order valence-electron chi connectivity index (χ1n) is 7.51. The molecule has 0 amide bonds. The van der Waals surface area contributed by atoms with Crippen molar-refractivity contribution >= 4 is 15.9 Å². The van der Waals surface area contributed by atoms with Crippen molar-refractivity contribution in [1.29, 1.82) is 0 Å². The van der Waals surface area contributed by atoms with Crippen molar-refractivity contribution < 1.29 is 17.9 Å². The maximum atomic E-state index is 12.2. The molecule has 0 saturated heterocycles.